The van der Waals surface area contributed by atoms with Crippen LogP contribution in [0.1, 0.15) is 44.4 Å². The van der Waals surface area contributed by atoms with Crippen LogP contribution in [0.5, 0.6) is 5.75 Å². The lowest BCUT2D eigenvalue weighted by molar-refractivity contribution is -0.140. The highest BCUT2D eigenvalue weighted by Crippen LogP contribution is 2.34. The van der Waals surface area contributed by atoms with E-state index in [-0.39, 0.29) is 24.1 Å². The van der Waals surface area contributed by atoms with Crippen LogP contribution in [-0.4, -0.2) is 17.7 Å². The number of carbonyl (C=O) groups excluding carboxylic acids is 1. The van der Waals surface area contributed by atoms with E-state index in [1.807, 2.05) is 26.8 Å². The third kappa shape index (κ3) is 6.84. The zero-order chi connectivity index (χ0) is 20.3. The molecule has 0 aliphatic rings. The molecule has 2 aromatic rings. The number of halogens is 1. The summed E-state index contributed by atoms with van der Waals surface area (Å²) >= 11 is 0. The number of phenols is 1. The van der Waals surface area contributed by atoms with E-state index in [9.17, 15) is 14.3 Å². The molecule has 0 atom stereocenters. The lowest BCUT2D eigenvalue weighted by Crippen LogP contribution is -2.02. The standard InChI is InChI=1S/C15H16FNO.C4H8O2.C2H6/c1-9-4-3-5-13(18)14(9)11-6-10(2)15(16)12(7-11)8-17;1-3-6-4(2)5;1-2/h3-7,18H,8,17H2,1-2H3;3H2,1-2H3;1-2H3. The van der Waals surface area contributed by atoms with Gasteiger partial charge in [0.05, 0.1) is 6.61 Å². The third-order valence-corrected chi connectivity index (χ3v) is 3.44. The number of esters is 1. The molecule has 26 heavy (non-hydrogen) atoms. The molecule has 4 nitrogen and oxygen atoms in total. The Morgan fingerprint density at radius 2 is 1.81 bits per heavy atom. The minimum absolute atomic E-state index is 0.146. The molecule has 144 valence electrons. The Morgan fingerprint density at radius 1 is 1.19 bits per heavy atom. The zero-order valence-electron chi connectivity index (χ0n) is 16.5. The first-order valence-corrected chi connectivity index (χ1v) is 8.73. The predicted molar refractivity (Wildman–Crippen MR) is 105 cm³/mol. The molecule has 3 N–H and O–H groups in total. The normalized spacial score (nSPS) is 9.38. The molecule has 0 heterocycles. The highest BCUT2D eigenvalue weighted by molar-refractivity contribution is 5.74. The van der Waals surface area contributed by atoms with Crippen molar-refractivity contribution in [1.29, 1.82) is 0 Å². The fraction of sp³-hybridized carbons (Fsp3) is 0.381. The van der Waals surface area contributed by atoms with E-state index >= 15 is 0 Å². The minimum atomic E-state index is -0.269. The molecule has 0 saturated carbocycles. The smallest absolute Gasteiger partial charge is 0.302 e. The number of nitrogens with two attached hydrogens (primary N) is 1. The fourth-order valence-corrected chi connectivity index (χ4v) is 2.37. The van der Waals surface area contributed by atoms with Crippen molar-refractivity contribution in [3.63, 3.8) is 0 Å². The molecule has 0 saturated heterocycles. The van der Waals surface area contributed by atoms with Gasteiger partial charge in [0.1, 0.15) is 11.6 Å². The maximum atomic E-state index is 13.8. The number of carbonyl (C=O) groups is 1. The minimum Gasteiger partial charge on any atom is -0.507 e. The highest BCUT2D eigenvalue weighted by atomic mass is 19.1. The van der Waals surface area contributed by atoms with E-state index in [1.165, 1.54) is 6.92 Å². The summed E-state index contributed by atoms with van der Waals surface area (Å²) in [6, 6.07) is 8.76. The van der Waals surface area contributed by atoms with Crippen LogP contribution in [0.25, 0.3) is 11.1 Å². The molecule has 2 rings (SSSR count). The summed E-state index contributed by atoms with van der Waals surface area (Å²) in [4.78, 5) is 9.82. The molecule has 0 aliphatic carbocycles. The van der Waals surface area contributed by atoms with Gasteiger partial charge in [-0.05, 0) is 55.7 Å². The van der Waals surface area contributed by atoms with Gasteiger partial charge >= 0.3 is 5.97 Å². The molecule has 0 bridgehead atoms. The molecule has 0 unspecified atom stereocenters. The van der Waals surface area contributed by atoms with Crippen molar-refractivity contribution in [2.75, 3.05) is 6.61 Å². The largest absolute Gasteiger partial charge is 0.507 e. The van der Waals surface area contributed by atoms with Gasteiger partial charge in [-0.2, -0.15) is 0 Å². The van der Waals surface area contributed by atoms with E-state index in [0.717, 1.165) is 16.7 Å². The van der Waals surface area contributed by atoms with Gasteiger partial charge in [-0.1, -0.05) is 26.0 Å². The number of aryl methyl sites for hydroxylation is 2. The van der Waals surface area contributed by atoms with Crippen LogP contribution in [0, 0.1) is 19.7 Å². The Bertz CT molecular complexity index is 694. The first-order valence-electron chi connectivity index (χ1n) is 8.73. The molecule has 0 fully saturated rings. The molecule has 0 aliphatic heterocycles. The number of benzene rings is 2. The predicted octanol–water partition coefficient (Wildman–Crippen LogP) is 4.87. The number of rotatable bonds is 3. The van der Waals surface area contributed by atoms with Crippen molar-refractivity contribution in [1.82, 2.24) is 0 Å². The average Bonchev–Trinajstić information content (AvgIpc) is 2.60. The lowest BCUT2D eigenvalue weighted by Gasteiger charge is -2.12. The number of hydrogen-bond acceptors (Lipinski definition) is 4. The first-order chi connectivity index (χ1) is 12.3. The quantitative estimate of drug-likeness (QED) is 0.763. The summed E-state index contributed by atoms with van der Waals surface area (Å²) in [5.74, 6) is -0.282. The monoisotopic (exact) mass is 363 g/mol. The summed E-state index contributed by atoms with van der Waals surface area (Å²) in [6.45, 7) is 11.4. The van der Waals surface area contributed by atoms with Crippen molar-refractivity contribution in [3.8, 4) is 16.9 Å². The second-order valence-corrected chi connectivity index (χ2v) is 5.36. The van der Waals surface area contributed by atoms with Crippen LogP contribution >= 0.6 is 0 Å². The van der Waals surface area contributed by atoms with Gasteiger partial charge in [0.15, 0.2) is 0 Å². The maximum absolute atomic E-state index is 13.8. The number of hydrogen-bond donors (Lipinski definition) is 2. The zero-order valence-corrected chi connectivity index (χ0v) is 16.5. The summed E-state index contributed by atoms with van der Waals surface area (Å²) in [5.41, 5.74) is 9.02. The van der Waals surface area contributed by atoms with Gasteiger partial charge in [-0.3, -0.25) is 4.79 Å². The molecular formula is C21H30FNO3. The van der Waals surface area contributed by atoms with Gasteiger partial charge in [0.25, 0.3) is 0 Å². The van der Waals surface area contributed by atoms with Crippen LogP contribution in [0.15, 0.2) is 30.3 Å². The SMILES string of the molecule is CC.CCOC(C)=O.Cc1cc(-c2c(C)cccc2O)cc(CN)c1F. The summed E-state index contributed by atoms with van der Waals surface area (Å²) in [6.07, 6.45) is 0. The van der Waals surface area contributed by atoms with Crippen molar-refractivity contribution < 1.29 is 19.0 Å². The van der Waals surface area contributed by atoms with Gasteiger partial charge in [0, 0.05) is 24.6 Å². The van der Waals surface area contributed by atoms with E-state index in [1.54, 1.807) is 38.1 Å². The molecule has 5 heteroatoms. The van der Waals surface area contributed by atoms with Crippen LogP contribution < -0.4 is 5.73 Å². The van der Waals surface area contributed by atoms with Gasteiger partial charge < -0.3 is 15.6 Å². The van der Waals surface area contributed by atoms with Gasteiger partial charge in [-0.15, -0.1) is 0 Å². The highest BCUT2D eigenvalue weighted by Gasteiger charge is 2.12. The average molecular weight is 363 g/mol. The van der Waals surface area contributed by atoms with Crippen LogP contribution in [0.4, 0.5) is 4.39 Å². The fourth-order valence-electron chi connectivity index (χ4n) is 2.37. The summed E-state index contributed by atoms with van der Waals surface area (Å²) < 4.78 is 18.2. The van der Waals surface area contributed by atoms with E-state index in [2.05, 4.69) is 4.74 Å². The van der Waals surface area contributed by atoms with E-state index < -0.39 is 0 Å². The van der Waals surface area contributed by atoms with Gasteiger partial charge in [-0.25, -0.2) is 4.39 Å². The van der Waals surface area contributed by atoms with Gasteiger partial charge in [0.2, 0.25) is 0 Å². The first kappa shape index (κ1) is 23.6. The molecule has 0 amide bonds. The summed E-state index contributed by atoms with van der Waals surface area (Å²) in [5, 5.41) is 9.94. The van der Waals surface area contributed by atoms with Crippen molar-refractivity contribution in [2.45, 2.75) is 48.1 Å². The topological polar surface area (TPSA) is 72.5 Å². The molecule has 2 aromatic carbocycles. The number of phenolic OH excluding ortho intramolecular Hbond substituents is 1. The molecular weight excluding hydrogens is 333 g/mol. The second-order valence-electron chi connectivity index (χ2n) is 5.36. The Labute approximate surface area is 155 Å². The van der Waals surface area contributed by atoms with E-state index in [0.29, 0.717) is 17.7 Å². The Kier molecular flexibility index (Phi) is 10.9. The van der Waals surface area contributed by atoms with Crippen LogP contribution in [0.3, 0.4) is 0 Å². The number of aromatic hydroxyl groups is 1. The lowest BCUT2D eigenvalue weighted by atomic mass is 9.95. The number of ether oxygens (including phenoxy) is 1. The molecule has 0 aromatic heterocycles. The Balaban J connectivity index is 0.000000667. The Morgan fingerprint density at radius 3 is 2.23 bits per heavy atom. The molecule has 0 radical (unpaired) electrons. The van der Waals surface area contributed by atoms with Crippen LogP contribution in [0.2, 0.25) is 0 Å². The van der Waals surface area contributed by atoms with Crippen molar-refractivity contribution in [2.24, 2.45) is 5.73 Å². The molecule has 0 spiro atoms. The second kappa shape index (κ2) is 12.0. The summed E-state index contributed by atoms with van der Waals surface area (Å²) in [7, 11) is 0. The van der Waals surface area contributed by atoms with E-state index in [4.69, 9.17) is 5.73 Å². The maximum Gasteiger partial charge on any atom is 0.302 e. The third-order valence-electron chi connectivity index (χ3n) is 3.44. The Hall–Kier alpha value is -2.40. The van der Waals surface area contributed by atoms with Crippen molar-refractivity contribution >= 4 is 5.97 Å². The van der Waals surface area contributed by atoms with Crippen molar-refractivity contribution in [3.05, 3.63) is 52.8 Å². The van der Waals surface area contributed by atoms with Crippen LogP contribution in [-0.2, 0) is 16.1 Å².